The lowest BCUT2D eigenvalue weighted by Gasteiger charge is -2.14. The molecule has 0 aliphatic heterocycles. The van der Waals surface area contributed by atoms with E-state index in [1.165, 1.54) is 12.1 Å². The van der Waals surface area contributed by atoms with Gasteiger partial charge in [-0.1, -0.05) is 23.4 Å². The zero-order valence-corrected chi connectivity index (χ0v) is 22.2. The van der Waals surface area contributed by atoms with Crippen molar-refractivity contribution in [3.63, 3.8) is 0 Å². The number of halogens is 1. The molecule has 204 valence electrons. The highest BCUT2D eigenvalue weighted by Gasteiger charge is 2.19. The average Bonchev–Trinajstić information content (AvgIpc) is 3.64. The topological polar surface area (TPSA) is 105 Å². The maximum Gasteiger partial charge on any atom is 0.255 e. The number of rotatable bonds is 10. The third-order valence-electron chi connectivity index (χ3n) is 6.18. The highest BCUT2D eigenvalue weighted by molar-refractivity contribution is 5.99. The summed E-state index contributed by atoms with van der Waals surface area (Å²) in [4.78, 5) is 13.3. The van der Waals surface area contributed by atoms with Crippen molar-refractivity contribution in [3.8, 4) is 34.2 Å². The maximum absolute atomic E-state index is 13.6. The van der Waals surface area contributed by atoms with E-state index in [1.807, 2.05) is 42.5 Å². The van der Waals surface area contributed by atoms with Crippen molar-refractivity contribution in [1.29, 1.82) is 0 Å². The highest BCUT2D eigenvalue weighted by Crippen LogP contribution is 2.38. The summed E-state index contributed by atoms with van der Waals surface area (Å²) in [7, 11) is 4.66. The van der Waals surface area contributed by atoms with E-state index >= 15 is 0 Å². The fourth-order valence-electron chi connectivity index (χ4n) is 4.25. The molecule has 0 atom stereocenters. The lowest BCUT2D eigenvalue weighted by atomic mass is 10.1. The normalized spacial score (nSPS) is 10.8. The van der Waals surface area contributed by atoms with Gasteiger partial charge in [-0.2, -0.15) is 5.10 Å². The van der Waals surface area contributed by atoms with Crippen LogP contribution < -0.4 is 19.5 Å². The van der Waals surface area contributed by atoms with Crippen molar-refractivity contribution < 1.29 is 23.4 Å². The van der Waals surface area contributed by atoms with Gasteiger partial charge in [0.2, 0.25) is 5.75 Å². The molecule has 1 amide bonds. The number of amides is 1. The van der Waals surface area contributed by atoms with Crippen molar-refractivity contribution in [1.82, 2.24) is 30.1 Å². The molecule has 0 bridgehead atoms. The largest absolute Gasteiger partial charge is 0.493 e. The van der Waals surface area contributed by atoms with Crippen LogP contribution in [0.1, 0.15) is 21.6 Å². The van der Waals surface area contributed by atoms with E-state index in [9.17, 15) is 9.18 Å². The van der Waals surface area contributed by atoms with Crippen molar-refractivity contribution in [3.05, 3.63) is 102 Å². The van der Waals surface area contributed by atoms with E-state index in [2.05, 4.69) is 20.7 Å². The van der Waals surface area contributed by atoms with Crippen LogP contribution in [0.15, 0.2) is 79.1 Å². The monoisotopic (exact) mass is 542 g/mol. The number of aromatic nitrogens is 5. The Kier molecular flexibility index (Phi) is 7.72. The average molecular weight is 543 g/mol. The van der Waals surface area contributed by atoms with Crippen LogP contribution in [0.25, 0.3) is 16.9 Å². The van der Waals surface area contributed by atoms with Gasteiger partial charge in [0.05, 0.1) is 51.9 Å². The fourth-order valence-corrected chi connectivity index (χ4v) is 4.25. The predicted octanol–water partition coefficient (Wildman–Crippen LogP) is 4.27. The number of benzene rings is 3. The van der Waals surface area contributed by atoms with Gasteiger partial charge in [-0.25, -0.2) is 13.8 Å². The third-order valence-corrected chi connectivity index (χ3v) is 6.18. The second-order valence-corrected chi connectivity index (χ2v) is 8.80. The van der Waals surface area contributed by atoms with Gasteiger partial charge in [0.15, 0.2) is 11.5 Å². The summed E-state index contributed by atoms with van der Waals surface area (Å²) in [5.74, 6) is 0.869. The summed E-state index contributed by atoms with van der Waals surface area (Å²) in [5.41, 5.74) is 3.64. The molecular formula is C29H27FN6O4. The molecule has 0 aliphatic rings. The van der Waals surface area contributed by atoms with Gasteiger partial charge in [-0.3, -0.25) is 4.79 Å². The first-order chi connectivity index (χ1) is 19.5. The molecule has 0 spiro atoms. The van der Waals surface area contributed by atoms with E-state index in [-0.39, 0.29) is 18.3 Å². The molecule has 0 unspecified atom stereocenters. The molecule has 1 N–H and O–H groups in total. The molecule has 40 heavy (non-hydrogen) atoms. The summed E-state index contributed by atoms with van der Waals surface area (Å²) >= 11 is 0. The standard InChI is InChI=1S/C29H27FN6O4/c1-38-25-13-19(14-26(39-2)28(25)40-3)16-35-17-22(32-34-35)15-31-29(37)24-18-36(23-7-5-4-6-8-23)33-27(24)20-9-11-21(30)12-10-20/h4-14,17-18H,15-16H2,1-3H3,(H,31,37). The smallest absolute Gasteiger partial charge is 0.255 e. The Labute approximate surface area is 229 Å². The van der Waals surface area contributed by atoms with Gasteiger partial charge >= 0.3 is 0 Å². The van der Waals surface area contributed by atoms with E-state index in [4.69, 9.17) is 14.2 Å². The number of ether oxygens (including phenoxy) is 3. The van der Waals surface area contributed by atoms with Gasteiger partial charge < -0.3 is 19.5 Å². The summed E-state index contributed by atoms with van der Waals surface area (Å²) in [6, 6.07) is 19.0. The number of hydrogen-bond acceptors (Lipinski definition) is 7. The molecule has 10 nitrogen and oxygen atoms in total. The Morgan fingerprint density at radius 1 is 0.925 bits per heavy atom. The first kappa shape index (κ1) is 26.4. The van der Waals surface area contributed by atoms with Crippen LogP contribution in [0.5, 0.6) is 17.2 Å². The minimum Gasteiger partial charge on any atom is -0.493 e. The molecule has 0 radical (unpaired) electrons. The summed E-state index contributed by atoms with van der Waals surface area (Å²) in [5, 5.41) is 15.9. The van der Waals surface area contributed by atoms with Crippen molar-refractivity contribution >= 4 is 5.91 Å². The zero-order valence-electron chi connectivity index (χ0n) is 22.2. The Bertz CT molecular complexity index is 1590. The highest BCUT2D eigenvalue weighted by atomic mass is 19.1. The molecule has 2 aromatic heterocycles. The third kappa shape index (κ3) is 5.63. The van der Waals surface area contributed by atoms with E-state index in [0.29, 0.717) is 46.3 Å². The van der Waals surface area contributed by atoms with Crippen molar-refractivity contribution in [2.75, 3.05) is 21.3 Å². The van der Waals surface area contributed by atoms with Gasteiger partial charge in [0, 0.05) is 11.8 Å². The zero-order chi connectivity index (χ0) is 28.1. The summed E-state index contributed by atoms with van der Waals surface area (Å²) in [6.45, 7) is 0.545. The van der Waals surface area contributed by atoms with Crippen molar-refractivity contribution in [2.45, 2.75) is 13.1 Å². The molecular weight excluding hydrogens is 515 g/mol. The minimum atomic E-state index is -0.369. The predicted molar refractivity (Wildman–Crippen MR) is 145 cm³/mol. The molecule has 0 saturated carbocycles. The first-order valence-electron chi connectivity index (χ1n) is 12.4. The Morgan fingerprint density at radius 2 is 1.62 bits per heavy atom. The Morgan fingerprint density at radius 3 is 2.27 bits per heavy atom. The Balaban J connectivity index is 1.33. The van der Waals surface area contributed by atoms with E-state index in [1.54, 1.807) is 55.2 Å². The minimum absolute atomic E-state index is 0.146. The number of nitrogens with one attached hydrogen (secondary N) is 1. The van der Waals surface area contributed by atoms with Crippen LogP contribution in [0.2, 0.25) is 0 Å². The second kappa shape index (κ2) is 11.7. The van der Waals surface area contributed by atoms with Crippen molar-refractivity contribution in [2.24, 2.45) is 0 Å². The molecule has 3 aromatic carbocycles. The molecule has 11 heteroatoms. The van der Waals surface area contributed by atoms with E-state index in [0.717, 1.165) is 11.3 Å². The number of methoxy groups -OCH3 is 3. The quantitative estimate of drug-likeness (QED) is 0.281. The molecule has 5 aromatic rings. The fraction of sp³-hybridized carbons (Fsp3) is 0.172. The second-order valence-electron chi connectivity index (χ2n) is 8.80. The first-order valence-corrected chi connectivity index (χ1v) is 12.4. The van der Waals surface area contributed by atoms with Crippen LogP contribution >= 0.6 is 0 Å². The number of para-hydroxylation sites is 1. The number of nitrogens with zero attached hydrogens (tertiary/aromatic N) is 5. The van der Waals surface area contributed by atoms with Gasteiger partial charge in [-0.05, 0) is 54.1 Å². The van der Waals surface area contributed by atoms with Crippen LogP contribution in [0.4, 0.5) is 4.39 Å². The molecule has 5 rings (SSSR count). The molecule has 0 saturated heterocycles. The van der Waals surface area contributed by atoms with Gasteiger partial charge in [0.25, 0.3) is 5.91 Å². The molecule has 0 aliphatic carbocycles. The number of carbonyl (C=O) groups excluding carboxylic acids is 1. The van der Waals surface area contributed by atoms with E-state index < -0.39 is 0 Å². The van der Waals surface area contributed by atoms with Crippen LogP contribution in [0, 0.1) is 5.82 Å². The van der Waals surface area contributed by atoms with Gasteiger partial charge in [0.1, 0.15) is 17.2 Å². The maximum atomic E-state index is 13.6. The van der Waals surface area contributed by atoms with Crippen LogP contribution in [0.3, 0.4) is 0 Å². The number of carbonyl (C=O) groups is 1. The SMILES string of the molecule is COc1cc(Cn2cc(CNC(=O)c3cn(-c4ccccc4)nc3-c3ccc(F)cc3)nn2)cc(OC)c1OC. The van der Waals surface area contributed by atoms with Gasteiger partial charge in [-0.15, -0.1) is 5.10 Å². The number of hydrogen-bond donors (Lipinski definition) is 1. The Hall–Kier alpha value is -5.19. The lowest BCUT2D eigenvalue weighted by molar-refractivity contribution is 0.0951. The summed E-state index contributed by atoms with van der Waals surface area (Å²) < 4.78 is 33.1. The molecule has 2 heterocycles. The summed E-state index contributed by atoms with van der Waals surface area (Å²) in [6.07, 6.45) is 3.41. The molecule has 0 fully saturated rings. The van der Waals surface area contributed by atoms with Crippen LogP contribution in [-0.2, 0) is 13.1 Å². The lowest BCUT2D eigenvalue weighted by Crippen LogP contribution is -2.23. The van der Waals surface area contributed by atoms with Crippen LogP contribution in [-0.4, -0.2) is 52.0 Å².